The van der Waals surface area contributed by atoms with Gasteiger partial charge in [0.2, 0.25) is 5.95 Å². The van der Waals surface area contributed by atoms with Gasteiger partial charge in [0.25, 0.3) is 5.91 Å². The Bertz CT molecular complexity index is 1140. The molecule has 144 valence electrons. The molecule has 7 nitrogen and oxygen atoms in total. The molecule has 0 aliphatic heterocycles. The van der Waals surface area contributed by atoms with Crippen molar-refractivity contribution in [2.45, 2.75) is 26.0 Å². The molecule has 0 spiro atoms. The van der Waals surface area contributed by atoms with Crippen LogP contribution >= 0.6 is 11.3 Å². The molecule has 0 fully saturated rings. The van der Waals surface area contributed by atoms with Gasteiger partial charge in [-0.15, -0.1) is 11.3 Å². The molecule has 28 heavy (non-hydrogen) atoms. The standard InChI is InChI=1S/C19H18FN5O2S/c1-19(2,27)10-25-14-4-3-12(20)7-13(14)23-18(25)24-17(26)16-6-5-15(28-16)11-8-21-22-9-11/h3-9,27H,10H2,1-2H3,(H,21,22)(H,23,24,26). The predicted molar refractivity (Wildman–Crippen MR) is 106 cm³/mol. The SMILES string of the molecule is CC(C)(O)Cn1c(NC(=O)c2ccc(-c3cn[nH]c3)s2)nc2cc(F)ccc21. The lowest BCUT2D eigenvalue weighted by Crippen LogP contribution is -2.27. The quantitative estimate of drug-likeness (QED) is 0.477. The van der Waals surface area contributed by atoms with Gasteiger partial charge < -0.3 is 9.67 Å². The number of carbonyl (C=O) groups is 1. The summed E-state index contributed by atoms with van der Waals surface area (Å²) in [7, 11) is 0. The Hall–Kier alpha value is -3.04. The second-order valence-corrected chi connectivity index (χ2v) is 8.16. The smallest absolute Gasteiger partial charge is 0.268 e. The van der Waals surface area contributed by atoms with Crippen LogP contribution < -0.4 is 5.32 Å². The van der Waals surface area contributed by atoms with Crippen molar-refractivity contribution in [2.75, 3.05) is 5.32 Å². The number of aromatic nitrogens is 4. The lowest BCUT2D eigenvalue weighted by molar-refractivity contribution is 0.0630. The number of aromatic amines is 1. The van der Waals surface area contributed by atoms with Crippen LogP contribution in [0.1, 0.15) is 23.5 Å². The molecule has 1 aromatic carbocycles. The number of halogens is 1. The Balaban J connectivity index is 1.67. The van der Waals surface area contributed by atoms with Gasteiger partial charge in [-0.2, -0.15) is 5.10 Å². The van der Waals surface area contributed by atoms with Gasteiger partial charge in [0, 0.05) is 22.7 Å². The number of H-pyrrole nitrogens is 1. The Morgan fingerprint density at radius 3 is 2.89 bits per heavy atom. The van der Waals surface area contributed by atoms with Gasteiger partial charge in [0.1, 0.15) is 5.82 Å². The highest BCUT2D eigenvalue weighted by Gasteiger charge is 2.21. The van der Waals surface area contributed by atoms with Gasteiger partial charge in [0.15, 0.2) is 0 Å². The number of thiophene rings is 1. The van der Waals surface area contributed by atoms with Crippen LogP contribution in [0.5, 0.6) is 0 Å². The number of imidazole rings is 1. The van der Waals surface area contributed by atoms with E-state index in [1.54, 1.807) is 42.9 Å². The molecule has 3 N–H and O–H groups in total. The number of nitrogens with zero attached hydrogens (tertiary/aromatic N) is 3. The molecular formula is C19H18FN5O2S. The molecule has 0 radical (unpaired) electrons. The van der Waals surface area contributed by atoms with Gasteiger partial charge >= 0.3 is 0 Å². The molecule has 1 amide bonds. The number of nitrogens with one attached hydrogen (secondary N) is 2. The van der Waals surface area contributed by atoms with E-state index >= 15 is 0 Å². The largest absolute Gasteiger partial charge is 0.389 e. The molecule has 0 bridgehead atoms. The van der Waals surface area contributed by atoms with E-state index in [1.165, 1.54) is 23.5 Å². The minimum atomic E-state index is -1.04. The summed E-state index contributed by atoms with van der Waals surface area (Å²) in [6.07, 6.45) is 3.44. The average molecular weight is 399 g/mol. The second-order valence-electron chi connectivity index (χ2n) is 7.07. The Morgan fingerprint density at radius 1 is 1.36 bits per heavy atom. The topological polar surface area (TPSA) is 95.8 Å². The fourth-order valence-electron chi connectivity index (χ4n) is 2.91. The van der Waals surface area contributed by atoms with Crippen molar-refractivity contribution in [2.24, 2.45) is 0 Å². The van der Waals surface area contributed by atoms with E-state index in [4.69, 9.17) is 0 Å². The number of carbonyl (C=O) groups excluding carboxylic acids is 1. The number of hydrogen-bond donors (Lipinski definition) is 3. The molecule has 0 saturated carbocycles. The number of amides is 1. The van der Waals surface area contributed by atoms with E-state index in [9.17, 15) is 14.3 Å². The normalized spacial score (nSPS) is 11.9. The van der Waals surface area contributed by atoms with Crippen LogP contribution in [0.15, 0.2) is 42.7 Å². The maximum absolute atomic E-state index is 13.6. The molecule has 0 atom stereocenters. The van der Waals surface area contributed by atoms with Crippen molar-refractivity contribution in [3.63, 3.8) is 0 Å². The predicted octanol–water partition coefficient (Wildman–Crippen LogP) is 3.65. The van der Waals surface area contributed by atoms with Crippen molar-refractivity contribution in [3.05, 3.63) is 53.4 Å². The van der Waals surface area contributed by atoms with E-state index in [0.717, 1.165) is 10.4 Å². The van der Waals surface area contributed by atoms with Gasteiger partial charge in [-0.25, -0.2) is 9.37 Å². The summed E-state index contributed by atoms with van der Waals surface area (Å²) in [6, 6.07) is 7.78. The summed E-state index contributed by atoms with van der Waals surface area (Å²) in [4.78, 5) is 18.5. The van der Waals surface area contributed by atoms with Gasteiger partial charge in [0.05, 0.1) is 34.3 Å². The Kier molecular flexibility index (Phi) is 4.48. The van der Waals surface area contributed by atoms with Crippen molar-refractivity contribution >= 4 is 34.2 Å². The summed E-state index contributed by atoms with van der Waals surface area (Å²) in [5.41, 5.74) is 0.890. The second kappa shape index (κ2) is 6.84. The van der Waals surface area contributed by atoms with Crippen LogP contribution in [0.2, 0.25) is 0 Å². The first kappa shape index (κ1) is 18.3. The number of rotatable bonds is 5. The van der Waals surface area contributed by atoms with E-state index in [2.05, 4.69) is 20.5 Å². The highest BCUT2D eigenvalue weighted by atomic mass is 32.1. The van der Waals surface area contributed by atoms with Crippen LogP contribution in [0.4, 0.5) is 10.3 Å². The highest BCUT2D eigenvalue weighted by Crippen LogP contribution is 2.28. The van der Waals surface area contributed by atoms with Crippen LogP contribution in [-0.4, -0.2) is 36.4 Å². The summed E-state index contributed by atoms with van der Waals surface area (Å²) in [5, 5.41) is 19.7. The first-order valence-electron chi connectivity index (χ1n) is 8.59. The molecule has 3 aromatic heterocycles. The molecule has 9 heteroatoms. The summed E-state index contributed by atoms with van der Waals surface area (Å²) >= 11 is 1.33. The fraction of sp³-hybridized carbons (Fsp3) is 0.211. The van der Waals surface area contributed by atoms with E-state index < -0.39 is 11.4 Å². The van der Waals surface area contributed by atoms with Gasteiger partial charge in [-0.1, -0.05) is 0 Å². The number of anilines is 1. The van der Waals surface area contributed by atoms with Gasteiger partial charge in [-0.3, -0.25) is 15.2 Å². The van der Waals surface area contributed by atoms with Crippen molar-refractivity contribution in [3.8, 4) is 10.4 Å². The number of aliphatic hydroxyl groups is 1. The van der Waals surface area contributed by atoms with Crippen LogP contribution in [-0.2, 0) is 6.54 Å². The third kappa shape index (κ3) is 3.67. The van der Waals surface area contributed by atoms with Crippen molar-refractivity contribution in [1.82, 2.24) is 19.7 Å². The van der Waals surface area contributed by atoms with Crippen LogP contribution in [0, 0.1) is 5.82 Å². The first-order chi connectivity index (χ1) is 13.3. The zero-order chi connectivity index (χ0) is 19.9. The fourth-order valence-corrected chi connectivity index (χ4v) is 3.79. The number of benzene rings is 1. The minimum absolute atomic E-state index is 0.190. The van der Waals surface area contributed by atoms with Crippen LogP contribution in [0.3, 0.4) is 0 Å². The Labute approximate surface area is 163 Å². The maximum atomic E-state index is 13.6. The lowest BCUT2D eigenvalue weighted by atomic mass is 10.1. The van der Waals surface area contributed by atoms with Crippen LogP contribution in [0.25, 0.3) is 21.5 Å². The number of fused-ring (bicyclic) bond motifs is 1. The highest BCUT2D eigenvalue weighted by molar-refractivity contribution is 7.17. The molecule has 0 aliphatic carbocycles. The monoisotopic (exact) mass is 399 g/mol. The molecule has 0 unspecified atom stereocenters. The van der Waals surface area contributed by atoms with Crippen molar-refractivity contribution < 1.29 is 14.3 Å². The Morgan fingerprint density at radius 2 is 2.18 bits per heavy atom. The first-order valence-corrected chi connectivity index (χ1v) is 9.40. The van der Waals surface area contributed by atoms with E-state index in [0.29, 0.717) is 15.9 Å². The van der Waals surface area contributed by atoms with E-state index in [-0.39, 0.29) is 18.4 Å². The molecule has 4 aromatic rings. The summed E-state index contributed by atoms with van der Waals surface area (Å²) < 4.78 is 15.3. The number of hydrogen-bond acceptors (Lipinski definition) is 5. The third-order valence-corrected chi connectivity index (χ3v) is 5.23. The third-order valence-electron chi connectivity index (χ3n) is 4.09. The molecule has 3 heterocycles. The zero-order valence-electron chi connectivity index (χ0n) is 15.2. The van der Waals surface area contributed by atoms with Gasteiger partial charge in [-0.05, 0) is 38.1 Å². The minimum Gasteiger partial charge on any atom is -0.389 e. The lowest BCUT2D eigenvalue weighted by Gasteiger charge is -2.20. The summed E-state index contributed by atoms with van der Waals surface area (Å²) in [5.74, 6) is -0.486. The maximum Gasteiger partial charge on any atom is 0.268 e. The molecule has 0 aliphatic rings. The zero-order valence-corrected chi connectivity index (χ0v) is 16.0. The summed E-state index contributed by atoms with van der Waals surface area (Å²) in [6.45, 7) is 3.50. The van der Waals surface area contributed by atoms with E-state index in [1.807, 2.05) is 6.07 Å². The molecular weight excluding hydrogens is 381 g/mol. The molecule has 4 rings (SSSR count). The molecule has 0 saturated heterocycles. The average Bonchev–Trinajstić information content (AvgIpc) is 3.33. The van der Waals surface area contributed by atoms with Crippen molar-refractivity contribution in [1.29, 1.82) is 0 Å².